The lowest BCUT2D eigenvalue weighted by Crippen LogP contribution is -2.47. The van der Waals surface area contributed by atoms with Crippen molar-refractivity contribution in [2.45, 2.75) is 26.4 Å². The summed E-state index contributed by atoms with van der Waals surface area (Å²) in [5.74, 6) is 0.391. The highest BCUT2D eigenvalue weighted by atomic mass is 35.5. The Balaban J connectivity index is 2.32. The maximum absolute atomic E-state index is 11.7. The molecule has 6 heteroatoms. The first-order valence-electron chi connectivity index (χ1n) is 6.90. The van der Waals surface area contributed by atoms with E-state index in [-0.39, 0.29) is 17.5 Å². The van der Waals surface area contributed by atoms with Crippen molar-refractivity contribution in [1.82, 2.24) is 5.32 Å². The van der Waals surface area contributed by atoms with Crippen LogP contribution in [-0.2, 0) is 16.4 Å². The van der Waals surface area contributed by atoms with Crippen LogP contribution in [0.2, 0.25) is 5.02 Å². The van der Waals surface area contributed by atoms with Gasteiger partial charge in [-0.3, -0.25) is 0 Å². The molecule has 1 heterocycles. The molecular weight excluding hydrogens is 296 g/mol. The van der Waals surface area contributed by atoms with Crippen LogP contribution in [0.4, 0.5) is 5.69 Å². The van der Waals surface area contributed by atoms with E-state index in [1.54, 1.807) is 0 Å². The first kappa shape index (κ1) is 15.6. The van der Waals surface area contributed by atoms with Crippen LogP contribution < -0.4 is 10.2 Å². The average molecular weight is 317 g/mol. The molecule has 1 aliphatic rings. The number of hydrogen-bond donors (Lipinski definition) is 1. The molecule has 2 rings (SSSR count). The minimum atomic E-state index is -2.92. The fourth-order valence-corrected chi connectivity index (χ4v) is 4.47. The zero-order valence-corrected chi connectivity index (χ0v) is 13.5. The Morgan fingerprint density at radius 2 is 2.20 bits per heavy atom. The van der Waals surface area contributed by atoms with Crippen molar-refractivity contribution in [3.63, 3.8) is 0 Å². The third-order valence-electron chi connectivity index (χ3n) is 3.59. The van der Waals surface area contributed by atoms with Gasteiger partial charge < -0.3 is 10.2 Å². The van der Waals surface area contributed by atoms with Crippen LogP contribution in [0.25, 0.3) is 0 Å². The van der Waals surface area contributed by atoms with Gasteiger partial charge in [0.05, 0.1) is 22.2 Å². The van der Waals surface area contributed by atoms with E-state index in [1.165, 1.54) is 0 Å². The normalized spacial score (nSPS) is 21.9. The van der Waals surface area contributed by atoms with Gasteiger partial charge in [0, 0.05) is 19.1 Å². The molecular formula is C14H21ClN2O2S. The highest BCUT2D eigenvalue weighted by Gasteiger charge is 2.30. The average Bonchev–Trinajstić information content (AvgIpc) is 2.37. The molecule has 20 heavy (non-hydrogen) atoms. The third kappa shape index (κ3) is 3.45. The summed E-state index contributed by atoms with van der Waals surface area (Å²) in [5.41, 5.74) is 2.09. The number of anilines is 1. The van der Waals surface area contributed by atoms with E-state index in [2.05, 4.69) is 17.1 Å². The van der Waals surface area contributed by atoms with Crippen LogP contribution in [0.3, 0.4) is 0 Å². The van der Waals surface area contributed by atoms with E-state index in [4.69, 9.17) is 11.6 Å². The van der Waals surface area contributed by atoms with E-state index in [0.717, 1.165) is 24.3 Å². The van der Waals surface area contributed by atoms with Crippen LogP contribution in [-0.4, -0.2) is 39.1 Å². The number of para-hydroxylation sites is 1. The number of hydrogen-bond acceptors (Lipinski definition) is 4. The molecule has 0 aromatic heterocycles. The summed E-state index contributed by atoms with van der Waals surface area (Å²) in [7, 11) is -2.92. The number of rotatable bonds is 4. The molecule has 112 valence electrons. The van der Waals surface area contributed by atoms with Crippen molar-refractivity contribution in [2.75, 3.05) is 29.5 Å². The van der Waals surface area contributed by atoms with Gasteiger partial charge in [0.2, 0.25) is 0 Å². The maximum Gasteiger partial charge on any atom is 0.154 e. The molecule has 1 unspecified atom stereocenters. The molecule has 1 N–H and O–H groups in total. The molecule has 4 nitrogen and oxygen atoms in total. The second-order valence-electron chi connectivity index (χ2n) is 5.18. The van der Waals surface area contributed by atoms with Gasteiger partial charge in [0.1, 0.15) is 0 Å². The molecule has 0 radical (unpaired) electrons. The minimum absolute atomic E-state index is 0.0472. The Kier molecular flexibility index (Phi) is 4.94. The fourth-order valence-electron chi connectivity index (χ4n) is 2.61. The highest BCUT2D eigenvalue weighted by Crippen LogP contribution is 2.33. The topological polar surface area (TPSA) is 49.4 Å². The SMILES string of the molecule is CCNCc1cccc(Cl)c1N1CCS(=O)(=O)CC1C. The molecule has 1 saturated heterocycles. The van der Waals surface area contributed by atoms with Crippen molar-refractivity contribution in [1.29, 1.82) is 0 Å². The lowest BCUT2D eigenvalue weighted by molar-refractivity contribution is 0.567. The summed E-state index contributed by atoms with van der Waals surface area (Å²) < 4.78 is 23.4. The number of nitrogens with one attached hydrogen (secondary N) is 1. The predicted molar refractivity (Wildman–Crippen MR) is 84.3 cm³/mol. The first-order chi connectivity index (χ1) is 9.44. The summed E-state index contributed by atoms with van der Waals surface area (Å²) in [6.45, 7) is 6.13. The second kappa shape index (κ2) is 6.33. The summed E-state index contributed by atoms with van der Waals surface area (Å²) in [5, 5.41) is 3.99. The van der Waals surface area contributed by atoms with Crippen LogP contribution in [0.15, 0.2) is 18.2 Å². The molecule has 1 atom stereocenters. The van der Waals surface area contributed by atoms with Gasteiger partial charge in [-0.05, 0) is 25.1 Å². The van der Waals surface area contributed by atoms with Gasteiger partial charge in [-0.1, -0.05) is 30.7 Å². The molecule has 0 saturated carbocycles. The first-order valence-corrected chi connectivity index (χ1v) is 9.09. The van der Waals surface area contributed by atoms with Crippen LogP contribution >= 0.6 is 11.6 Å². The molecule has 1 fully saturated rings. The largest absolute Gasteiger partial charge is 0.365 e. The zero-order chi connectivity index (χ0) is 14.8. The number of halogens is 1. The van der Waals surface area contributed by atoms with Gasteiger partial charge in [-0.2, -0.15) is 0 Å². The van der Waals surface area contributed by atoms with E-state index in [1.807, 2.05) is 25.1 Å². The Bertz CT molecular complexity index is 575. The monoisotopic (exact) mass is 316 g/mol. The van der Waals surface area contributed by atoms with Crippen molar-refractivity contribution >= 4 is 27.1 Å². The highest BCUT2D eigenvalue weighted by molar-refractivity contribution is 7.91. The zero-order valence-electron chi connectivity index (χ0n) is 11.9. The summed E-state index contributed by atoms with van der Waals surface area (Å²) in [4.78, 5) is 2.12. The quantitative estimate of drug-likeness (QED) is 0.924. The lowest BCUT2D eigenvalue weighted by Gasteiger charge is -2.37. The van der Waals surface area contributed by atoms with Gasteiger partial charge >= 0.3 is 0 Å². The molecule has 1 aromatic rings. The Morgan fingerprint density at radius 3 is 2.85 bits per heavy atom. The number of benzene rings is 1. The standard InChI is InChI=1S/C14H21ClN2O2S/c1-3-16-9-12-5-4-6-13(15)14(12)17-7-8-20(18,19)10-11(17)2/h4-6,11,16H,3,7-10H2,1-2H3. The van der Waals surface area contributed by atoms with Gasteiger partial charge in [0.15, 0.2) is 9.84 Å². The van der Waals surface area contributed by atoms with Crippen LogP contribution in [0, 0.1) is 0 Å². The van der Waals surface area contributed by atoms with Gasteiger partial charge in [0.25, 0.3) is 0 Å². The van der Waals surface area contributed by atoms with E-state index in [9.17, 15) is 8.42 Å². The molecule has 1 aromatic carbocycles. The number of sulfone groups is 1. The van der Waals surface area contributed by atoms with E-state index >= 15 is 0 Å². The minimum Gasteiger partial charge on any atom is -0.365 e. The third-order valence-corrected chi connectivity index (χ3v) is 5.69. The Hall–Kier alpha value is -0.780. The summed E-state index contributed by atoms with van der Waals surface area (Å²) >= 11 is 6.36. The molecule has 0 bridgehead atoms. The maximum atomic E-state index is 11.7. The summed E-state index contributed by atoms with van der Waals surface area (Å²) in [6.07, 6.45) is 0. The van der Waals surface area contributed by atoms with Crippen molar-refractivity contribution in [2.24, 2.45) is 0 Å². The van der Waals surface area contributed by atoms with Gasteiger partial charge in [-0.25, -0.2) is 8.42 Å². The van der Waals surface area contributed by atoms with E-state index in [0.29, 0.717) is 11.6 Å². The van der Waals surface area contributed by atoms with Crippen molar-refractivity contribution < 1.29 is 8.42 Å². The lowest BCUT2D eigenvalue weighted by atomic mass is 10.1. The van der Waals surface area contributed by atoms with Crippen molar-refractivity contribution in [3.05, 3.63) is 28.8 Å². The molecule has 0 amide bonds. The second-order valence-corrected chi connectivity index (χ2v) is 7.82. The van der Waals surface area contributed by atoms with E-state index < -0.39 is 9.84 Å². The predicted octanol–water partition coefficient (Wildman–Crippen LogP) is 2.07. The van der Waals surface area contributed by atoms with Crippen LogP contribution in [0.1, 0.15) is 19.4 Å². The smallest absolute Gasteiger partial charge is 0.154 e. The fraction of sp³-hybridized carbons (Fsp3) is 0.571. The Labute approximate surface area is 126 Å². The molecule has 0 aliphatic carbocycles. The van der Waals surface area contributed by atoms with Crippen molar-refractivity contribution in [3.8, 4) is 0 Å². The molecule has 1 aliphatic heterocycles. The summed E-state index contributed by atoms with van der Waals surface area (Å²) in [6, 6.07) is 5.79. The number of nitrogens with zero attached hydrogens (tertiary/aromatic N) is 1. The van der Waals surface area contributed by atoms with Crippen LogP contribution in [0.5, 0.6) is 0 Å². The van der Waals surface area contributed by atoms with Gasteiger partial charge in [-0.15, -0.1) is 0 Å². The Morgan fingerprint density at radius 1 is 1.45 bits per heavy atom. The molecule has 0 spiro atoms.